The molecule has 1 saturated heterocycles. The maximum atomic E-state index is 12.6. The smallest absolute Gasteiger partial charge is 0.337 e. The monoisotopic (exact) mass is 415 g/mol. The van der Waals surface area contributed by atoms with Crippen LogP contribution in [0.2, 0.25) is 5.02 Å². The van der Waals surface area contributed by atoms with Crippen LogP contribution in [0.1, 0.15) is 33.6 Å². The normalized spacial score (nSPS) is 16.3. The van der Waals surface area contributed by atoms with Crippen molar-refractivity contribution in [3.05, 3.63) is 64.7 Å². The lowest BCUT2D eigenvalue weighted by atomic mass is 10.2. The molecule has 7 nitrogen and oxygen atoms in total. The minimum Gasteiger partial charge on any atom is -0.465 e. The van der Waals surface area contributed by atoms with Gasteiger partial charge in [0.2, 0.25) is 5.96 Å². The lowest BCUT2D eigenvalue weighted by molar-refractivity contribution is 0.0600. The number of hydrogen-bond acceptors (Lipinski definition) is 5. The van der Waals surface area contributed by atoms with E-state index in [0.29, 0.717) is 28.4 Å². The Labute approximate surface area is 174 Å². The molecule has 3 rings (SSSR count). The molecule has 2 aromatic carbocycles. The van der Waals surface area contributed by atoms with Crippen LogP contribution in [-0.4, -0.2) is 44.2 Å². The number of benzene rings is 2. The lowest BCUT2D eigenvalue weighted by Gasteiger charge is -2.14. The number of halogens is 1. The number of esters is 1. The molecule has 2 N–H and O–H groups in total. The number of nitrogens with one attached hydrogen (secondary N) is 2. The van der Waals surface area contributed by atoms with Crippen LogP contribution in [-0.2, 0) is 9.47 Å². The van der Waals surface area contributed by atoms with Gasteiger partial charge in [-0.15, -0.1) is 0 Å². The highest BCUT2D eigenvalue weighted by Gasteiger charge is 2.16. The highest BCUT2D eigenvalue weighted by atomic mass is 35.5. The Kier molecular flexibility index (Phi) is 7.21. The van der Waals surface area contributed by atoms with Gasteiger partial charge in [-0.2, -0.15) is 0 Å². The van der Waals surface area contributed by atoms with E-state index in [1.165, 1.54) is 7.11 Å². The maximum absolute atomic E-state index is 12.6. The molecule has 152 valence electrons. The van der Waals surface area contributed by atoms with E-state index in [-0.39, 0.29) is 18.0 Å². The number of nitrogens with zero attached hydrogens (tertiary/aromatic N) is 1. The number of carbonyl (C=O) groups is 2. The molecule has 0 aromatic heterocycles. The zero-order valence-corrected chi connectivity index (χ0v) is 16.7. The van der Waals surface area contributed by atoms with Gasteiger partial charge in [-0.05, 0) is 55.3 Å². The summed E-state index contributed by atoms with van der Waals surface area (Å²) in [4.78, 5) is 28.8. The molecule has 1 aliphatic rings. The molecule has 1 heterocycles. The molecular formula is C21H22ClN3O4. The number of anilines is 1. The maximum Gasteiger partial charge on any atom is 0.337 e. The fraction of sp³-hybridized carbons (Fsp3) is 0.286. The summed E-state index contributed by atoms with van der Waals surface area (Å²) in [6.45, 7) is 1.14. The van der Waals surface area contributed by atoms with Crippen LogP contribution >= 0.6 is 11.6 Å². The Morgan fingerprint density at radius 2 is 2.00 bits per heavy atom. The molecule has 1 atom stereocenters. The van der Waals surface area contributed by atoms with E-state index in [0.717, 1.165) is 19.4 Å². The van der Waals surface area contributed by atoms with E-state index in [1.54, 1.807) is 48.5 Å². The standard InChI is InChI=1S/C21H22ClN3O4/c1-28-20(27)15-4-2-5-17(12-15)24-21(23-13-18-6-3-11-29-18)25-19(26)14-7-9-16(22)10-8-14/h2,4-5,7-10,12,18H,3,6,11,13H2,1H3,(H2,23,24,25,26)/t18-/m0/s1. The number of guanidine groups is 1. The van der Waals surface area contributed by atoms with Crippen molar-refractivity contribution in [1.82, 2.24) is 5.32 Å². The molecule has 0 aliphatic carbocycles. The summed E-state index contributed by atoms with van der Waals surface area (Å²) in [5, 5.41) is 6.38. The van der Waals surface area contributed by atoms with Crippen molar-refractivity contribution in [3.8, 4) is 0 Å². The minimum atomic E-state index is -0.448. The highest BCUT2D eigenvalue weighted by molar-refractivity contribution is 6.30. The van der Waals surface area contributed by atoms with Crippen LogP contribution < -0.4 is 10.6 Å². The zero-order chi connectivity index (χ0) is 20.6. The fourth-order valence-electron chi connectivity index (χ4n) is 2.85. The first-order valence-electron chi connectivity index (χ1n) is 9.23. The summed E-state index contributed by atoms with van der Waals surface area (Å²) in [5.41, 5.74) is 1.43. The van der Waals surface area contributed by atoms with Gasteiger partial charge in [0.15, 0.2) is 0 Å². The van der Waals surface area contributed by atoms with Crippen molar-refractivity contribution in [2.24, 2.45) is 4.99 Å². The van der Waals surface area contributed by atoms with Crippen LogP contribution in [0.4, 0.5) is 5.69 Å². The predicted octanol–water partition coefficient (Wildman–Crippen LogP) is 3.50. The van der Waals surface area contributed by atoms with E-state index in [1.807, 2.05) is 0 Å². The number of rotatable bonds is 5. The summed E-state index contributed by atoms with van der Waals surface area (Å²) in [7, 11) is 1.32. The van der Waals surface area contributed by atoms with E-state index in [4.69, 9.17) is 21.1 Å². The molecule has 0 saturated carbocycles. The Bertz CT molecular complexity index is 893. The van der Waals surface area contributed by atoms with E-state index in [9.17, 15) is 9.59 Å². The topological polar surface area (TPSA) is 89.0 Å². The van der Waals surface area contributed by atoms with Gasteiger partial charge < -0.3 is 14.8 Å². The van der Waals surface area contributed by atoms with Gasteiger partial charge in [-0.1, -0.05) is 17.7 Å². The average Bonchev–Trinajstić information content (AvgIpc) is 3.25. The second kappa shape index (κ2) is 10.0. The molecule has 29 heavy (non-hydrogen) atoms. The van der Waals surface area contributed by atoms with Crippen LogP contribution in [0.3, 0.4) is 0 Å². The summed E-state index contributed by atoms with van der Waals surface area (Å²) in [6.07, 6.45) is 1.96. The van der Waals surface area contributed by atoms with Crippen molar-refractivity contribution in [2.75, 3.05) is 25.6 Å². The SMILES string of the molecule is COC(=O)c1cccc(NC(=NC[C@@H]2CCCO2)NC(=O)c2ccc(Cl)cc2)c1. The summed E-state index contributed by atoms with van der Waals surface area (Å²) in [5.74, 6) is -0.511. The third kappa shape index (κ3) is 6.04. The lowest BCUT2D eigenvalue weighted by Crippen LogP contribution is -2.36. The predicted molar refractivity (Wildman–Crippen MR) is 112 cm³/mol. The summed E-state index contributed by atoms with van der Waals surface area (Å²) >= 11 is 5.88. The number of aliphatic imine (C=N–C) groups is 1. The van der Waals surface area contributed by atoms with Crippen molar-refractivity contribution in [1.29, 1.82) is 0 Å². The van der Waals surface area contributed by atoms with Crippen LogP contribution in [0.15, 0.2) is 53.5 Å². The minimum absolute atomic E-state index is 0.0284. The zero-order valence-electron chi connectivity index (χ0n) is 16.0. The van der Waals surface area contributed by atoms with Gasteiger partial charge in [-0.3, -0.25) is 10.1 Å². The van der Waals surface area contributed by atoms with Gasteiger partial charge >= 0.3 is 5.97 Å². The Morgan fingerprint density at radius 1 is 1.21 bits per heavy atom. The molecule has 0 radical (unpaired) electrons. The molecule has 1 amide bonds. The van der Waals surface area contributed by atoms with E-state index >= 15 is 0 Å². The number of amides is 1. The molecule has 1 aliphatic heterocycles. The van der Waals surface area contributed by atoms with Gasteiger partial charge in [0.25, 0.3) is 5.91 Å². The number of carbonyl (C=O) groups excluding carboxylic acids is 2. The highest BCUT2D eigenvalue weighted by Crippen LogP contribution is 2.14. The number of hydrogen-bond donors (Lipinski definition) is 2. The van der Waals surface area contributed by atoms with Crippen molar-refractivity contribution in [3.63, 3.8) is 0 Å². The third-order valence-corrected chi connectivity index (χ3v) is 4.61. The Hall–Kier alpha value is -2.90. The summed E-state index contributed by atoms with van der Waals surface area (Å²) < 4.78 is 10.3. The van der Waals surface area contributed by atoms with Crippen LogP contribution in [0.25, 0.3) is 0 Å². The Morgan fingerprint density at radius 3 is 2.69 bits per heavy atom. The first-order chi connectivity index (χ1) is 14.0. The van der Waals surface area contributed by atoms with Crippen molar-refractivity contribution < 1.29 is 19.1 Å². The molecule has 0 bridgehead atoms. The van der Waals surface area contributed by atoms with E-state index in [2.05, 4.69) is 15.6 Å². The van der Waals surface area contributed by atoms with Crippen LogP contribution in [0.5, 0.6) is 0 Å². The summed E-state index contributed by atoms with van der Waals surface area (Å²) in [6, 6.07) is 13.3. The Balaban J connectivity index is 1.77. The van der Waals surface area contributed by atoms with Crippen LogP contribution in [0, 0.1) is 0 Å². The molecule has 8 heteroatoms. The van der Waals surface area contributed by atoms with Gasteiger partial charge in [0.05, 0.1) is 25.3 Å². The van der Waals surface area contributed by atoms with Gasteiger partial charge in [0.1, 0.15) is 0 Å². The number of ether oxygens (including phenoxy) is 2. The molecule has 1 fully saturated rings. The molecule has 0 spiro atoms. The number of methoxy groups -OCH3 is 1. The second-order valence-electron chi connectivity index (χ2n) is 6.48. The molecule has 2 aromatic rings. The average molecular weight is 416 g/mol. The van der Waals surface area contributed by atoms with E-state index < -0.39 is 5.97 Å². The fourth-order valence-corrected chi connectivity index (χ4v) is 2.98. The first-order valence-corrected chi connectivity index (χ1v) is 9.61. The molecule has 0 unspecified atom stereocenters. The largest absolute Gasteiger partial charge is 0.465 e. The quantitative estimate of drug-likeness (QED) is 0.443. The van der Waals surface area contributed by atoms with Crippen molar-refractivity contribution in [2.45, 2.75) is 18.9 Å². The van der Waals surface area contributed by atoms with Gasteiger partial charge in [-0.25, -0.2) is 9.79 Å². The second-order valence-corrected chi connectivity index (χ2v) is 6.92. The van der Waals surface area contributed by atoms with Crippen molar-refractivity contribution >= 4 is 35.1 Å². The first kappa shape index (κ1) is 20.8. The van der Waals surface area contributed by atoms with Gasteiger partial charge in [0, 0.05) is 22.9 Å². The molecular weight excluding hydrogens is 394 g/mol. The third-order valence-electron chi connectivity index (χ3n) is 4.36.